The highest BCUT2D eigenvalue weighted by Crippen LogP contribution is 2.28. The Balaban J connectivity index is 1.73. The summed E-state index contributed by atoms with van der Waals surface area (Å²) in [6.45, 7) is 12.2. The number of halogens is 1. The van der Waals surface area contributed by atoms with E-state index in [1.807, 2.05) is 19.9 Å². The van der Waals surface area contributed by atoms with Crippen LogP contribution in [0.15, 0.2) is 36.4 Å². The SMILES string of the molecule is Cc1c(N2C[C@@H](C)O[C@@H](C)C2)ccc(CC(=O)c2ccc(CS(=O)(=O)C(C)(C)C)cc2)c1F. The summed E-state index contributed by atoms with van der Waals surface area (Å²) in [7, 11) is -3.31. The molecule has 180 valence electrons. The molecule has 1 aliphatic heterocycles. The first-order valence-corrected chi connectivity index (χ1v) is 13.0. The second kappa shape index (κ2) is 9.55. The molecule has 0 unspecified atom stereocenters. The van der Waals surface area contributed by atoms with Crippen LogP contribution in [0.3, 0.4) is 0 Å². The monoisotopic (exact) mass is 475 g/mol. The van der Waals surface area contributed by atoms with Gasteiger partial charge in [-0.25, -0.2) is 12.8 Å². The van der Waals surface area contributed by atoms with E-state index in [9.17, 15) is 13.2 Å². The number of ketones is 1. The molecule has 1 heterocycles. The molecule has 5 nitrogen and oxygen atoms in total. The van der Waals surface area contributed by atoms with Gasteiger partial charge in [-0.2, -0.15) is 0 Å². The number of carbonyl (C=O) groups is 1. The second-order valence-corrected chi connectivity index (χ2v) is 12.8. The molecule has 1 saturated heterocycles. The fourth-order valence-electron chi connectivity index (χ4n) is 4.08. The lowest BCUT2D eigenvalue weighted by Gasteiger charge is -2.37. The molecule has 0 radical (unpaired) electrons. The van der Waals surface area contributed by atoms with E-state index in [1.165, 1.54) is 0 Å². The zero-order valence-corrected chi connectivity index (χ0v) is 21.1. The van der Waals surface area contributed by atoms with Crippen molar-refractivity contribution < 1.29 is 22.3 Å². The van der Waals surface area contributed by atoms with E-state index in [2.05, 4.69) is 4.90 Å². The van der Waals surface area contributed by atoms with Crippen LogP contribution in [0.5, 0.6) is 0 Å². The van der Waals surface area contributed by atoms with Gasteiger partial charge in [0.2, 0.25) is 0 Å². The second-order valence-electron chi connectivity index (χ2n) is 10.0. The zero-order chi connectivity index (χ0) is 24.6. The summed E-state index contributed by atoms with van der Waals surface area (Å²) in [5.41, 5.74) is 2.78. The van der Waals surface area contributed by atoms with E-state index in [0.29, 0.717) is 35.3 Å². The number of hydrogen-bond donors (Lipinski definition) is 0. The molecule has 0 spiro atoms. The smallest absolute Gasteiger partial charge is 0.167 e. The normalized spacial score (nSPS) is 19.5. The first-order chi connectivity index (χ1) is 15.3. The summed E-state index contributed by atoms with van der Waals surface area (Å²) in [4.78, 5) is 14.9. The van der Waals surface area contributed by atoms with Crippen LogP contribution >= 0.6 is 0 Å². The molecule has 0 aromatic heterocycles. The van der Waals surface area contributed by atoms with Crippen LogP contribution in [0.25, 0.3) is 0 Å². The number of nitrogens with zero attached hydrogens (tertiary/aromatic N) is 1. The molecular formula is C26H34FNO4S. The zero-order valence-electron chi connectivity index (χ0n) is 20.3. The van der Waals surface area contributed by atoms with E-state index in [-0.39, 0.29) is 36.0 Å². The molecule has 2 aromatic carbocycles. The average Bonchev–Trinajstić information content (AvgIpc) is 2.70. The molecular weight excluding hydrogens is 441 g/mol. The molecule has 0 N–H and O–H groups in total. The van der Waals surface area contributed by atoms with Gasteiger partial charge in [-0.15, -0.1) is 0 Å². The van der Waals surface area contributed by atoms with E-state index >= 15 is 4.39 Å². The molecule has 7 heteroatoms. The maximum absolute atomic E-state index is 15.2. The van der Waals surface area contributed by atoms with Gasteiger partial charge in [-0.05, 0) is 58.7 Å². The minimum absolute atomic E-state index is 0.0531. The van der Waals surface area contributed by atoms with Crippen LogP contribution < -0.4 is 4.90 Å². The first-order valence-electron chi connectivity index (χ1n) is 11.3. The number of Topliss-reactive ketones (excluding diaryl/α,β-unsaturated/α-hetero) is 1. The highest BCUT2D eigenvalue weighted by Gasteiger charge is 2.29. The van der Waals surface area contributed by atoms with Gasteiger partial charge in [0.05, 0.1) is 22.7 Å². The van der Waals surface area contributed by atoms with Gasteiger partial charge in [0.1, 0.15) is 5.82 Å². The third-order valence-corrected chi connectivity index (χ3v) is 8.69. The van der Waals surface area contributed by atoms with Crippen molar-refractivity contribution in [2.45, 2.75) is 70.7 Å². The van der Waals surface area contributed by atoms with Gasteiger partial charge in [-0.3, -0.25) is 4.79 Å². The Morgan fingerprint density at radius 3 is 2.18 bits per heavy atom. The number of ether oxygens (including phenoxy) is 1. The number of benzene rings is 2. The van der Waals surface area contributed by atoms with Crippen molar-refractivity contribution in [1.82, 2.24) is 0 Å². The predicted molar refractivity (Wildman–Crippen MR) is 130 cm³/mol. The number of carbonyl (C=O) groups excluding carboxylic acids is 1. The minimum atomic E-state index is -3.31. The Morgan fingerprint density at radius 1 is 1.06 bits per heavy atom. The molecule has 2 atom stereocenters. The van der Waals surface area contributed by atoms with Crippen LogP contribution in [-0.4, -0.2) is 44.2 Å². The molecule has 2 aromatic rings. The fraction of sp³-hybridized carbons (Fsp3) is 0.500. The molecule has 33 heavy (non-hydrogen) atoms. The number of rotatable bonds is 6. The number of sulfone groups is 1. The molecule has 0 saturated carbocycles. The van der Waals surface area contributed by atoms with Crippen molar-refractivity contribution in [2.75, 3.05) is 18.0 Å². The lowest BCUT2D eigenvalue weighted by Crippen LogP contribution is -2.45. The van der Waals surface area contributed by atoms with E-state index in [0.717, 1.165) is 5.69 Å². The Bertz CT molecular complexity index is 1110. The van der Waals surface area contributed by atoms with E-state index in [4.69, 9.17) is 4.74 Å². The number of anilines is 1. The Morgan fingerprint density at radius 2 is 1.64 bits per heavy atom. The van der Waals surface area contributed by atoms with E-state index < -0.39 is 14.6 Å². The summed E-state index contributed by atoms with van der Waals surface area (Å²) >= 11 is 0. The Kier molecular flexibility index (Phi) is 7.34. The topological polar surface area (TPSA) is 63.7 Å². The van der Waals surface area contributed by atoms with Crippen molar-refractivity contribution in [3.05, 3.63) is 64.5 Å². The van der Waals surface area contributed by atoms with Crippen molar-refractivity contribution >= 4 is 21.3 Å². The summed E-state index contributed by atoms with van der Waals surface area (Å²) < 4.78 is 44.9. The molecule has 1 fully saturated rings. The third kappa shape index (κ3) is 5.82. The highest BCUT2D eigenvalue weighted by molar-refractivity contribution is 7.91. The fourth-order valence-corrected chi connectivity index (χ4v) is 5.15. The van der Waals surface area contributed by atoms with Crippen LogP contribution in [0, 0.1) is 12.7 Å². The standard InChI is InChI=1S/C26H34FNO4S/c1-17-14-28(15-18(2)32-17)23-12-11-22(25(27)19(23)3)13-24(29)21-9-7-20(8-10-21)16-33(30,31)26(4,5)6/h7-12,17-18H,13-16H2,1-6H3/t17-,18+. The summed E-state index contributed by atoms with van der Waals surface area (Å²) in [6, 6.07) is 10.1. The molecule has 0 aliphatic carbocycles. The summed E-state index contributed by atoms with van der Waals surface area (Å²) in [5.74, 6) is -0.653. The third-order valence-electron chi connectivity index (χ3n) is 6.11. The van der Waals surface area contributed by atoms with Gasteiger partial charge < -0.3 is 9.64 Å². The van der Waals surface area contributed by atoms with Crippen molar-refractivity contribution in [1.29, 1.82) is 0 Å². The van der Waals surface area contributed by atoms with Gasteiger partial charge in [-0.1, -0.05) is 30.3 Å². The largest absolute Gasteiger partial charge is 0.372 e. The van der Waals surface area contributed by atoms with E-state index in [1.54, 1.807) is 58.0 Å². The quantitative estimate of drug-likeness (QED) is 0.557. The molecule has 0 bridgehead atoms. The highest BCUT2D eigenvalue weighted by atomic mass is 32.2. The number of morpholine rings is 1. The Labute approximate surface area is 196 Å². The van der Waals surface area contributed by atoms with Crippen LogP contribution in [0.1, 0.15) is 61.7 Å². The maximum atomic E-state index is 15.2. The lowest BCUT2D eigenvalue weighted by molar-refractivity contribution is -0.00526. The van der Waals surface area contributed by atoms with Gasteiger partial charge in [0.25, 0.3) is 0 Å². The van der Waals surface area contributed by atoms with Crippen molar-refractivity contribution in [3.63, 3.8) is 0 Å². The maximum Gasteiger partial charge on any atom is 0.167 e. The molecule has 1 aliphatic rings. The number of hydrogen-bond acceptors (Lipinski definition) is 5. The van der Waals surface area contributed by atoms with Crippen molar-refractivity contribution in [2.24, 2.45) is 0 Å². The van der Waals surface area contributed by atoms with Crippen LogP contribution in [0.2, 0.25) is 0 Å². The molecule has 0 amide bonds. The molecule has 3 rings (SSSR count). The first kappa shape index (κ1) is 25.4. The van der Waals surface area contributed by atoms with Crippen LogP contribution in [0.4, 0.5) is 10.1 Å². The van der Waals surface area contributed by atoms with Gasteiger partial charge in [0.15, 0.2) is 15.6 Å². The van der Waals surface area contributed by atoms with Crippen molar-refractivity contribution in [3.8, 4) is 0 Å². The Hall–Kier alpha value is -2.25. The minimum Gasteiger partial charge on any atom is -0.372 e. The predicted octanol–water partition coefficient (Wildman–Crippen LogP) is 4.89. The summed E-state index contributed by atoms with van der Waals surface area (Å²) in [6.07, 6.45) is 0.0836. The van der Waals surface area contributed by atoms with Crippen LogP contribution in [-0.2, 0) is 26.7 Å². The lowest BCUT2D eigenvalue weighted by atomic mass is 9.99. The van der Waals surface area contributed by atoms with Gasteiger partial charge >= 0.3 is 0 Å². The van der Waals surface area contributed by atoms with Gasteiger partial charge in [0, 0.05) is 36.3 Å². The average molecular weight is 476 g/mol. The summed E-state index contributed by atoms with van der Waals surface area (Å²) in [5, 5.41) is 0.